The number of nitrogens with zero attached hydrogens (tertiary/aromatic N) is 4. The summed E-state index contributed by atoms with van der Waals surface area (Å²) in [5.41, 5.74) is 4.13. The second-order valence-corrected chi connectivity index (χ2v) is 10.5. The van der Waals surface area contributed by atoms with Gasteiger partial charge in [0.2, 0.25) is 0 Å². The smallest absolute Gasteiger partial charge is 0.416 e. The SMILES string of the molecule is COc1c(CN2CCC(O)CC2)cc(C(F)(F)F)cc1NC(=O)c1ccc(C)c(-n2cc(-c3cnn(C)c3C)[nH]2)c1. The lowest BCUT2D eigenvalue weighted by Gasteiger charge is -2.30. The van der Waals surface area contributed by atoms with E-state index in [2.05, 4.69) is 15.5 Å². The molecule has 1 amide bonds. The van der Waals surface area contributed by atoms with Gasteiger partial charge in [-0.3, -0.25) is 24.2 Å². The summed E-state index contributed by atoms with van der Waals surface area (Å²) in [7, 11) is 3.23. The van der Waals surface area contributed by atoms with Crippen LogP contribution in [0.15, 0.2) is 42.7 Å². The number of likely N-dealkylation sites (tertiary alicyclic amines) is 1. The number of hydrogen-bond donors (Lipinski definition) is 3. The van der Waals surface area contributed by atoms with E-state index in [-0.39, 0.29) is 23.5 Å². The van der Waals surface area contributed by atoms with Gasteiger partial charge < -0.3 is 15.2 Å². The van der Waals surface area contributed by atoms with E-state index in [1.165, 1.54) is 7.11 Å². The number of rotatable bonds is 7. The van der Waals surface area contributed by atoms with E-state index in [0.29, 0.717) is 31.5 Å². The number of halogens is 3. The number of aryl methyl sites for hydroxylation is 2. The van der Waals surface area contributed by atoms with Crippen molar-refractivity contribution in [2.75, 3.05) is 25.5 Å². The van der Waals surface area contributed by atoms with Crippen LogP contribution in [0.5, 0.6) is 5.75 Å². The molecule has 218 valence electrons. The molecule has 1 saturated heterocycles. The third-order valence-corrected chi connectivity index (χ3v) is 7.65. The molecule has 0 atom stereocenters. The second kappa shape index (κ2) is 11.1. The van der Waals surface area contributed by atoms with E-state index in [4.69, 9.17) is 4.74 Å². The molecule has 41 heavy (non-hydrogen) atoms. The van der Waals surface area contributed by atoms with Crippen LogP contribution >= 0.6 is 0 Å². The summed E-state index contributed by atoms with van der Waals surface area (Å²) in [4.78, 5) is 15.3. The fraction of sp³-hybridized carbons (Fsp3) is 0.379. The van der Waals surface area contributed by atoms with Crippen molar-refractivity contribution in [3.8, 4) is 22.7 Å². The number of nitrogens with one attached hydrogen (secondary N) is 2. The van der Waals surface area contributed by atoms with Crippen molar-refractivity contribution in [3.05, 3.63) is 70.7 Å². The average molecular weight is 571 g/mol. The van der Waals surface area contributed by atoms with Gasteiger partial charge in [-0.05, 0) is 56.5 Å². The Morgan fingerprint density at radius 3 is 2.51 bits per heavy atom. The Hall–Kier alpha value is -4.03. The number of piperidine rings is 1. The summed E-state index contributed by atoms with van der Waals surface area (Å²) in [6.07, 6.45) is -0.258. The van der Waals surface area contributed by atoms with Crippen molar-refractivity contribution < 1.29 is 27.8 Å². The van der Waals surface area contributed by atoms with Crippen molar-refractivity contribution in [3.63, 3.8) is 0 Å². The second-order valence-electron chi connectivity index (χ2n) is 10.5. The van der Waals surface area contributed by atoms with Crippen LogP contribution < -0.4 is 10.1 Å². The molecule has 0 bridgehead atoms. The standard InChI is InChI=1S/C29H33F3N6O3/c1-17-5-6-19(12-26(17)38-16-25(35-38)23-14-33-36(3)18(23)2)28(40)34-24-13-21(29(30,31)32)11-20(27(24)41-4)15-37-9-7-22(39)8-10-37/h5-6,11-14,16,22,35,39H,7-10,15H2,1-4H3,(H,34,40). The molecule has 0 unspecified atom stereocenters. The molecule has 1 fully saturated rings. The maximum Gasteiger partial charge on any atom is 0.416 e. The number of benzene rings is 2. The van der Waals surface area contributed by atoms with Crippen LogP contribution in [0.1, 0.15) is 45.6 Å². The van der Waals surface area contributed by atoms with Crippen LogP contribution in [0.2, 0.25) is 0 Å². The number of alkyl halides is 3. The van der Waals surface area contributed by atoms with E-state index in [9.17, 15) is 23.1 Å². The third-order valence-electron chi connectivity index (χ3n) is 7.65. The molecule has 3 N–H and O–H groups in total. The number of methoxy groups -OCH3 is 1. The molecule has 12 heteroatoms. The number of aliphatic hydroxyl groups is 1. The number of hydrogen-bond acceptors (Lipinski definition) is 5. The Balaban J connectivity index is 1.42. The van der Waals surface area contributed by atoms with Gasteiger partial charge in [0.15, 0.2) is 0 Å². The maximum atomic E-state index is 13.9. The summed E-state index contributed by atoms with van der Waals surface area (Å²) in [6.45, 7) is 5.17. The summed E-state index contributed by atoms with van der Waals surface area (Å²) < 4.78 is 50.7. The molecule has 2 aromatic heterocycles. The summed E-state index contributed by atoms with van der Waals surface area (Å²) in [5.74, 6) is -0.391. The number of aromatic amines is 1. The number of H-pyrrole nitrogens is 1. The molecule has 3 heterocycles. The lowest BCUT2D eigenvalue weighted by Crippen LogP contribution is -2.35. The van der Waals surface area contributed by atoms with Crippen LogP contribution in [-0.2, 0) is 19.8 Å². The average Bonchev–Trinajstić information content (AvgIpc) is 3.22. The minimum atomic E-state index is -4.62. The molecule has 2 aromatic carbocycles. The predicted octanol–water partition coefficient (Wildman–Crippen LogP) is 5.06. The summed E-state index contributed by atoms with van der Waals surface area (Å²) >= 11 is 0. The highest BCUT2D eigenvalue weighted by Gasteiger charge is 2.33. The van der Waals surface area contributed by atoms with Crippen LogP contribution in [0, 0.1) is 13.8 Å². The molecular weight excluding hydrogens is 537 g/mol. The zero-order valence-corrected chi connectivity index (χ0v) is 23.3. The van der Waals surface area contributed by atoms with Gasteiger partial charge in [-0.15, -0.1) is 0 Å². The Kier molecular flexibility index (Phi) is 7.71. The largest absolute Gasteiger partial charge is 0.494 e. The molecule has 0 aliphatic carbocycles. The zero-order chi connectivity index (χ0) is 29.5. The fourth-order valence-electron chi connectivity index (χ4n) is 5.10. The first kappa shape index (κ1) is 28.5. The third kappa shape index (κ3) is 5.89. The molecule has 1 aliphatic rings. The van der Waals surface area contributed by atoms with Gasteiger partial charge in [-0.2, -0.15) is 18.3 Å². The molecule has 5 rings (SSSR count). The normalized spacial score (nSPS) is 14.9. The molecule has 0 radical (unpaired) electrons. The lowest BCUT2D eigenvalue weighted by atomic mass is 10.0. The van der Waals surface area contributed by atoms with Gasteiger partial charge in [-0.1, -0.05) is 6.07 Å². The Morgan fingerprint density at radius 2 is 1.90 bits per heavy atom. The van der Waals surface area contributed by atoms with Gasteiger partial charge >= 0.3 is 6.18 Å². The van der Waals surface area contributed by atoms with E-state index >= 15 is 0 Å². The molecule has 9 nitrogen and oxygen atoms in total. The van der Waals surface area contributed by atoms with Crippen LogP contribution in [0.3, 0.4) is 0 Å². The Labute approximate surface area is 235 Å². The Bertz CT molecular complexity index is 1550. The number of anilines is 1. The van der Waals surface area contributed by atoms with E-state index in [0.717, 1.165) is 40.3 Å². The van der Waals surface area contributed by atoms with Gasteiger partial charge in [0.05, 0.1) is 48.2 Å². The molecule has 0 saturated carbocycles. The first-order valence-corrected chi connectivity index (χ1v) is 13.3. The van der Waals surface area contributed by atoms with Crippen molar-refractivity contribution in [1.82, 2.24) is 24.5 Å². The molecule has 4 aromatic rings. The molecular formula is C29H33F3N6O3. The Morgan fingerprint density at radius 1 is 1.20 bits per heavy atom. The lowest BCUT2D eigenvalue weighted by molar-refractivity contribution is -0.137. The predicted molar refractivity (Wildman–Crippen MR) is 148 cm³/mol. The van der Waals surface area contributed by atoms with Crippen molar-refractivity contribution in [2.45, 2.75) is 45.5 Å². The van der Waals surface area contributed by atoms with Crippen LogP contribution in [0.4, 0.5) is 18.9 Å². The fourth-order valence-corrected chi connectivity index (χ4v) is 5.10. The monoisotopic (exact) mass is 570 g/mol. The first-order chi connectivity index (χ1) is 19.4. The number of ether oxygens (including phenoxy) is 1. The number of carbonyl (C=O) groups is 1. The van der Waals surface area contributed by atoms with Gasteiger partial charge in [0, 0.05) is 49.1 Å². The molecule has 0 spiro atoms. The highest BCUT2D eigenvalue weighted by molar-refractivity contribution is 6.05. The quantitative estimate of drug-likeness (QED) is 0.289. The topological polar surface area (TPSA) is 100 Å². The van der Waals surface area contributed by atoms with Gasteiger partial charge in [0.25, 0.3) is 5.91 Å². The van der Waals surface area contributed by atoms with Crippen molar-refractivity contribution >= 4 is 11.6 Å². The van der Waals surface area contributed by atoms with E-state index in [1.807, 2.05) is 32.0 Å². The minimum Gasteiger partial charge on any atom is -0.494 e. The number of amides is 1. The number of aliphatic hydroxyl groups excluding tert-OH is 1. The molecule has 1 aliphatic heterocycles. The minimum absolute atomic E-state index is 0.0576. The number of aromatic nitrogens is 4. The zero-order valence-electron chi connectivity index (χ0n) is 23.3. The summed E-state index contributed by atoms with van der Waals surface area (Å²) in [6, 6.07) is 7.06. The highest BCUT2D eigenvalue weighted by atomic mass is 19.4. The highest BCUT2D eigenvalue weighted by Crippen LogP contribution is 2.39. The summed E-state index contributed by atoms with van der Waals surface area (Å²) in [5, 5.41) is 20.0. The van der Waals surface area contributed by atoms with Gasteiger partial charge in [-0.25, -0.2) is 0 Å². The van der Waals surface area contributed by atoms with Crippen LogP contribution in [-0.4, -0.2) is 61.8 Å². The van der Waals surface area contributed by atoms with Crippen molar-refractivity contribution in [2.24, 2.45) is 7.05 Å². The van der Waals surface area contributed by atoms with E-state index in [1.54, 1.807) is 33.8 Å². The van der Waals surface area contributed by atoms with Crippen molar-refractivity contribution in [1.29, 1.82) is 0 Å². The van der Waals surface area contributed by atoms with E-state index < -0.39 is 23.8 Å². The number of carbonyl (C=O) groups excluding carboxylic acids is 1. The van der Waals surface area contributed by atoms with Gasteiger partial charge in [0.1, 0.15) is 5.75 Å². The first-order valence-electron chi connectivity index (χ1n) is 13.3. The van der Waals surface area contributed by atoms with Crippen LogP contribution in [0.25, 0.3) is 16.9 Å². The maximum absolute atomic E-state index is 13.9.